The second kappa shape index (κ2) is 15.8. The molecule has 4 atom stereocenters. The molecule has 5 rings (SSSR count). The van der Waals surface area contributed by atoms with Crippen LogP contribution in [0.5, 0.6) is 0 Å². The van der Waals surface area contributed by atoms with E-state index < -0.39 is 74.2 Å². The maximum Gasteiger partial charge on any atom is 0.315 e. The van der Waals surface area contributed by atoms with E-state index in [4.69, 9.17) is 0 Å². The zero-order valence-electron chi connectivity index (χ0n) is 33.4. The first-order valence-corrected chi connectivity index (χ1v) is 21.8. The molecule has 0 aromatic rings. The zero-order chi connectivity index (χ0) is 39.1. The molecule has 0 unspecified atom stereocenters. The van der Waals surface area contributed by atoms with Crippen LogP contribution in [0.1, 0.15) is 132 Å². The van der Waals surface area contributed by atoms with Crippen molar-refractivity contribution in [2.45, 2.75) is 167 Å². The summed E-state index contributed by atoms with van der Waals surface area (Å²) in [6, 6.07) is -3.51. The van der Waals surface area contributed by atoms with Crippen molar-refractivity contribution in [3.05, 3.63) is 0 Å². The summed E-state index contributed by atoms with van der Waals surface area (Å²) in [6.07, 6.45) is 10.0. The SMILES string of the molecule is CC(C)[C@H]1CCN(C(=O)[C@@H](NC(=O)NC2(CS(=O)(=O)N(C)C(C)(C)C3CC3)CCCCC2)C(C)(C)C)[C@@H]1C(=O)N[C@@H](CC1CC1)C(=O)C(=O)NC1CC1. The number of nitrogens with zero attached hydrogens (tertiary/aromatic N) is 2. The van der Waals surface area contributed by atoms with E-state index >= 15 is 0 Å². The van der Waals surface area contributed by atoms with Crippen molar-refractivity contribution in [2.75, 3.05) is 19.3 Å². The third kappa shape index (κ3) is 10.1. The van der Waals surface area contributed by atoms with Gasteiger partial charge in [-0.15, -0.1) is 0 Å². The third-order valence-corrected chi connectivity index (χ3v) is 15.0. The van der Waals surface area contributed by atoms with E-state index in [9.17, 15) is 32.4 Å². The number of rotatable bonds is 16. The minimum absolute atomic E-state index is 0.00855. The summed E-state index contributed by atoms with van der Waals surface area (Å²) < 4.78 is 29.3. The summed E-state index contributed by atoms with van der Waals surface area (Å²) in [6.45, 7) is 13.8. The highest BCUT2D eigenvalue weighted by molar-refractivity contribution is 7.89. The molecule has 0 aromatic carbocycles. The van der Waals surface area contributed by atoms with E-state index in [1.807, 2.05) is 48.5 Å². The molecule has 53 heavy (non-hydrogen) atoms. The van der Waals surface area contributed by atoms with E-state index in [1.165, 1.54) is 9.21 Å². The lowest BCUT2D eigenvalue weighted by Gasteiger charge is -2.42. The molecule has 13 nitrogen and oxygen atoms in total. The van der Waals surface area contributed by atoms with Gasteiger partial charge in [-0.1, -0.05) is 66.7 Å². The molecule has 5 fully saturated rings. The number of carbonyl (C=O) groups excluding carboxylic acids is 5. The first-order chi connectivity index (χ1) is 24.6. The van der Waals surface area contributed by atoms with Gasteiger partial charge in [0.15, 0.2) is 0 Å². The summed E-state index contributed by atoms with van der Waals surface area (Å²) in [5, 5.41) is 11.6. The smallest absolute Gasteiger partial charge is 0.315 e. The van der Waals surface area contributed by atoms with E-state index in [1.54, 1.807) is 7.05 Å². The first kappa shape index (κ1) is 41.4. The summed E-state index contributed by atoms with van der Waals surface area (Å²) in [4.78, 5) is 70.4. The lowest BCUT2D eigenvalue weighted by molar-refractivity contribution is -0.145. The van der Waals surface area contributed by atoms with E-state index in [0.717, 1.165) is 57.8 Å². The maximum atomic E-state index is 14.6. The van der Waals surface area contributed by atoms with Crippen LogP contribution in [0, 0.1) is 29.1 Å². The molecule has 4 saturated carbocycles. The van der Waals surface area contributed by atoms with Crippen molar-refractivity contribution in [1.82, 2.24) is 30.5 Å². The lowest BCUT2D eigenvalue weighted by Crippen LogP contribution is -2.64. The number of carbonyl (C=O) groups is 5. The number of nitrogens with one attached hydrogen (secondary N) is 4. The van der Waals surface area contributed by atoms with E-state index in [-0.39, 0.29) is 29.5 Å². The average molecular weight is 763 g/mol. The van der Waals surface area contributed by atoms with Crippen LogP contribution in [-0.4, -0.2) is 102 Å². The maximum absolute atomic E-state index is 14.6. The van der Waals surface area contributed by atoms with Gasteiger partial charge in [0.1, 0.15) is 12.1 Å². The number of ketones is 1. The van der Waals surface area contributed by atoms with Gasteiger partial charge in [-0.2, -0.15) is 4.31 Å². The van der Waals surface area contributed by atoms with Crippen molar-refractivity contribution < 1.29 is 32.4 Å². The Kier molecular flexibility index (Phi) is 12.3. The second-order valence-electron chi connectivity index (χ2n) is 18.9. The van der Waals surface area contributed by atoms with Crippen molar-refractivity contribution in [1.29, 1.82) is 0 Å². The molecule has 300 valence electrons. The molecule has 0 spiro atoms. The Hall–Kier alpha value is -2.74. The molecule has 1 aliphatic heterocycles. The van der Waals surface area contributed by atoms with Crippen molar-refractivity contribution in [3.8, 4) is 0 Å². The average Bonchev–Trinajstić information content (AvgIpc) is 3.93. The van der Waals surface area contributed by atoms with Crippen LogP contribution in [0.3, 0.4) is 0 Å². The quantitative estimate of drug-likeness (QED) is 0.173. The minimum Gasteiger partial charge on any atom is -0.347 e. The van der Waals surface area contributed by atoms with Gasteiger partial charge < -0.3 is 26.2 Å². The number of sulfonamides is 1. The Labute approximate surface area is 317 Å². The van der Waals surface area contributed by atoms with Crippen molar-refractivity contribution in [2.24, 2.45) is 29.1 Å². The van der Waals surface area contributed by atoms with Crippen LogP contribution < -0.4 is 21.3 Å². The number of amides is 5. The van der Waals surface area contributed by atoms with Gasteiger partial charge in [0.2, 0.25) is 27.6 Å². The topological polar surface area (TPSA) is 174 Å². The number of Topliss-reactive ketones (excluding diaryl/α,β-unsaturated/α-hetero) is 1. The fourth-order valence-electron chi connectivity index (χ4n) is 8.52. The molecular weight excluding hydrogens is 697 g/mol. The highest BCUT2D eigenvalue weighted by atomic mass is 32.2. The Bertz CT molecular complexity index is 1510. The molecule has 4 N–H and O–H groups in total. The molecule has 4 aliphatic carbocycles. The fourth-order valence-corrected chi connectivity index (χ4v) is 10.6. The Balaban J connectivity index is 1.33. The van der Waals surface area contributed by atoms with Crippen LogP contribution in [0.4, 0.5) is 4.79 Å². The monoisotopic (exact) mass is 762 g/mol. The molecule has 0 bridgehead atoms. The number of hydrogen-bond donors (Lipinski definition) is 4. The summed E-state index contributed by atoms with van der Waals surface area (Å²) in [7, 11) is -2.11. The number of urea groups is 1. The van der Waals surface area contributed by atoms with Gasteiger partial charge in [-0.3, -0.25) is 19.2 Å². The van der Waals surface area contributed by atoms with E-state index in [2.05, 4.69) is 21.3 Å². The van der Waals surface area contributed by atoms with Crippen LogP contribution in [-0.2, 0) is 29.2 Å². The number of hydrogen-bond acceptors (Lipinski definition) is 7. The van der Waals surface area contributed by atoms with Crippen molar-refractivity contribution >= 4 is 39.6 Å². The predicted molar refractivity (Wildman–Crippen MR) is 203 cm³/mol. The highest BCUT2D eigenvalue weighted by Gasteiger charge is 2.50. The number of likely N-dealkylation sites (tertiary alicyclic amines) is 1. The molecule has 0 radical (unpaired) electrons. The van der Waals surface area contributed by atoms with Crippen LogP contribution >= 0.6 is 0 Å². The molecule has 5 amide bonds. The zero-order valence-corrected chi connectivity index (χ0v) is 34.2. The van der Waals surface area contributed by atoms with Crippen LogP contribution in [0.15, 0.2) is 0 Å². The Morgan fingerprint density at radius 2 is 1.49 bits per heavy atom. The largest absolute Gasteiger partial charge is 0.347 e. The first-order valence-electron chi connectivity index (χ1n) is 20.2. The molecule has 1 heterocycles. The second-order valence-corrected chi connectivity index (χ2v) is 20.9. The van der Waals surface area contributed by atoms with Gasteiger partial charge in [0, 0.05) is 25.2 Å². The lowest BCUT2D eigenvalue weighted by atomic mass is 9.83. The fraction of sp³-hybridized carbons (Fsp3) is 0.872. The van der Waals surface area contributed by atoms with E-state index in [0.29, 0.717) is 38.1 Å². The normalized spacial score (nSPS) is 24.8. The van der Waals surface area contributed by atoms with Crippen LogP contribution in [0.25, 0.3) is 0 Å². The predicted octanol–water partition coefficient (Wildman–Crippen LogP) is 3.86. The standard InChI is InChI=1S/C39H66N6O7S/c1-24(2)28-18-21-45(30(28)33(47)41-29(22-25-12-13-25)31(46)34(48)40-27-16-17-27)35(49)32(37(3,4)5)42-36(50)43-39(19-10-9-11-20-39)23-53(51,52)44(8)38(6,7)26-14-15-26/h24-30,32H,9-23H2,1-8H3,(H,40,48)(H,41,47)(H2,42,43,50)/t28-,29+,30+,32-/m1/s1. The Morgan fingerprint density at radius 3 is 2.02 bits per heavy atom. The molecular formula is C39H66N6O7S. The highest BCUT2D eigenvalue weighted by Crippen LogP contribution is 2.44. The van der Waals surface area contributed by atoms with Gasteiger partial charge in [0.05, 0.1) is 17.3 Å². The summed E-state index contributed by atoms with van der Waals surface area (Å²) in [5.41, 5.74) is -2.29. The summed E-state index contributed by atoms with van der Waals surface area (Å²) in [5.74, 6) is -2.01. The van der Waals surface area contributed by atoms with Crippen LogP contribution in [0.2, 0.25) is 0 Å². The third-order valence-electron chi connectivity index (χ3n) is 12.7. The molecule has 5 aliphatic rings. The van der Waals surface area contributed by atoms with Crippen molar-refractivity contribution in [3.63, 3.8) is 0 Å². The Morgan fingerprint density at radius 1 is 0.868 bits per heavy atom. The van der Waals surface area contributed by atoms with Gasteiger partial charge >= 0.3 is 6.03 Å². The minimum atomic E-state index is -3.75. The van der Waals surface area contributed by atoms with Gasteiger partial charge in [-0.25, -0.2) is 13.2 Å². The molecule has 0 aromatic heterocycles. The van der Waals surface area contributed by atoms with Gasteiger partial charge in [0.25, 0.3) is 5.91 Å². The summed E-state index contributed by atoms with van der Waals surface area (Å²) >= 11 is 0. The molecule has 1 saturated heterocycles. The molecule has 14 heteroatoms. The van der Waals surface area contributed by atoms with Gasteiger partial charge in [-0.05, 0) is 94.3 Å².